The molecule has 0 amide bonds. The lowest BCUT2D eigenvalue weighted by Crippen LogP contribution is -2.43. The number of hydrogen-bond acceptors (Lipinski definition) is 3. The van der Waals surface area contributed by atoms with E-state index in [0.717, 1.165) is 26.2 Å². The van der Waals surface area contributed by atoms with Crippen LogP contribution in [0.1, 0.15) is 38.8 Å². The number of piperidine rings is 1. The molecule has 4 nitrogen and oxygen atoms in total. The number of nitrogens with one attached hydrogen (secondary N) is 1. The molecule has 1 fully saturated rings. The van der Waals surface area contributed by atoms with Gasteiger partial charge in [0.15, 0.2) is 0 Å². The Hall–Kier alpha value is -0.870. The van der Waals surface area contributed by atoms with Crippen LogP contribution in [-0.4, -0.2) is 40.1 Å². The van der Waals surface area contributed by atoms with E-state index in [-0.39, 0.29) is 0 Å². The normalized spacial score (nSPS) is 20.5. The van der Waals surface area contributed by atoms with E-state index in [2.05, 4.69) is 33.6 Å². The molecule has 1 saturated heterocycles. The van der Waals surface area contributed by atoms with Gasteiger partial charge in [-0.15, -0.1) is 0 Å². The van der Waals surface area contributed by atoms with Crippen molar-refractivity contribution in [3.05, 3.63) is 18.2 Å². The van der Waals surface area contributed by atoms with Crippen molar-refractivity contribution >= 4 is 0 Å². The van der Waals surface area contributed by atoms with Crippen molar-refractivity contribution in [3.63, 3.8) is 0 Å². The fourth-order valence-electron chi connectivity index (χ4n) is 2.69. The van der Waals surface area contributed by atoms with E-state index in [1.807, 2.05) is 12.5 Å². The zero-order chi connectivity index (χ0) is 12.8. The second-order valence-electron chi connectivity index (χ2n) is 5.15. The highest BCUT2D eigenvalue weighted by Gasteiger charge is 2.16. The fourth-order valence-corrected chi connectivity index (χ4v) is 2.69. The summed E-state index contributed by atoms with van der Waals surface area (Å²) in [4.78, 5) is 6.77. The first-order valence-corrected chi connectivity index (χ1v) is 7.28. The Morgan fingerprint density at radius 3 is 3.00 bits per heavy atom. The van der Waals surface area contributed by atoms with Crippen LogP contribution >= 0.6 is 0 Å². The monoisotopic (exact) mass is 250 g/mol. The Morgan fingerprint density at radius 2 is 2.33 bits per heavy atom. The van der Waals surface area contributed by atoms with Gasteiger partial charge in [0.05, 0.1) is 12.0 Å². The van der Waals surface area contributed by atoms with E-state index >= 15 is 0 Å². The van der Waals surface area contributed by atoms with E-state index in [1.165, 1.54) is 31.5 Å². The Labute approximate surface area is 110 Å². The number of likely N-dealkylation sites (N-methyl/N-ethyl adjacent to an activating group) is 1. The molecule has 2 heterocycles. The van der Waals surface area contributed by atoms with E-state index < -0.39 is 0 Å². The number of hydrogen-bond donors (Lipinski definition) is 1. The zero-order valence-corrected chi connectivity index (χ0v) is 11.7. The van der Waals surface area contributed by atoms with Crippen LogP contribution in [0.4, 0.5) is 0 Å². The molecule has 0 bridgehead atoms. The summed E-state index contributed by atoms with van der Waals surface area (Å²) in [6, 6.07) is 0.677. The van der Waals surface area contributed by atoms with Gasteiger partial charge in [-0.25, -0.2) is 4.98 Å². The minimum atomic E-state index is 0.677. The van der Waals surface area contributed by atoms with Crippen LogP contribution in [0.3, 0.4) is 0 Å². The largest absolute Gasteiger partial charge is 0.334 e. The number of imidazole rings is 1. The Kier molecular flexibility index (Phi) is 5.20. The van der Waals surface area contributed by atoms with Gasteiger partial charge >= 0.3 is 0 Å². The molecule has 18 heavy (non-hydrogen) atoms. The molecule has 0 radical (unpaired) electrons. The Morgan fingerprint density at radius 1 is 1.44 bits per heavy atom. The minimum Gasteiger partial charge on any atom is -0.334 e. The van der Waals surface area contributed by atoms with Crippen LogP contribution in [-0.2, 0) is 13.1 Å². The van der Waals surface area contributed by atoms with Crippen molar-refractivity contribution in [1.82, 2.24) is 19.8 Å². The van der Waals surface area contributed by atoms with Crippen molar-refractivity contribution < 1.29 is 0 Å². The summed E-state index contributed by atoms with van der Waals surface area (Å²) < 4.78 is 2.23. The van der Waals surface area contributed by atoms with Crippen molar-refractivity contribution in [1.29, 1.82) is 0 Å². The summed E-state index contributed by atoms with van der Waals surface area (Å²) >= 11 is 0. The van der Waals surface area contributed by atoms with Crippen LogP contribution in [0.5, 0.6) is 0 Å². The molecule has 0 spiro atoms. The van der Waals surface area contributed by atoms with Gasteiger partial charge in [-0.05, 0) is 32.9 Å². The molecular formula is C14H26N4. The lowest BCUT2D eigenvalue weighted by molar-refractivity contribution is 0.222. The molecule has 4 heteroatoms. The topological polar surface area (TPSA) is 33.1 Å². The third-order valence-electron chi connectivity index (χ3n) is 3.86. The maximum Gasteiger partial charge on any atom is 0.0948 e. The highest BCUT2D eigenvalue weighted by Crippen LogP contribution is 2.11. The molecule has 1 atom stereocenters. The van der Waals surface area contributed by atoms with Crippen molar-refractivity contribution in [3.8, 4) is 0 Å². The summed E-state index contributed by atoms with van der Waals surface area (Å²) in [7, 11) is 0. The smallest absolute Gasteiger partial charge is 0.0948 e. The zero-order valence-electron chi connectivity index (χ0n) is 11.7. The average molecular weight is 250 g/mol. The second kappa shape index (κ2) is 6.90. The van der Waals surface area contributed by atoms with Crippen molar-refractivity contribution in [2.75, 3.05) is 19.6 Å². The number of rotatable bonds is 6. The molecular weight excluding hydrogens is 224 g/mol. The van der Waals surface area contributed by atoms with Gasteiger partial charge in [0.1, 0.15) is 0 Å². The average Bonchev–Trinajstić information content (AvgIpc) is 2.86. The van der Waals surface area contributed by atoms with Crippen LogP contribution < -0.4 is 5.32 Å². The lowest BCUT2D eigenvalue weighted by Gasteiger charge is -2.30. The SMILES string of the molecule is CCN(Cc1cncn1CC)CC1CCCCN1. The first kappa shape index (κ1) is 13.6. The van der Waals surface area contributed by atoms with E-state index in [1.54, 1.807) is 0 Å². The first-order valence-electron chi connectivity index (χ1n) is 7.28. The van der Waals surface area contributed by atoms with E-state index in [0.29, 0.717) is 6.04 Å². The molecule has 1 aliphatic heterocycles. The molecule has 0 saturated carbocycles. The maximum absolute atomic E-state index is 4.25. The molecule has 0 aromatic carbocycles. The van der Waals surface area contributed by atoms with Crippen molar-refractivity contribution in [2.45, 2.75) is 52.2 Å². The standard InChI is InChI=1S/C14H26N4/c1-3-17(10-13-7-5-6-8-16-13)11-14-9-15-12-18(14)4-2/h9,12-13,16H,3-8,10-11H2,1-2H3. The van der Waals surface area contributed by atoms with E-state index in [4.69, 9.17) is 0 Å². The molecule has 1 unspecified atom stereocenters. The second-order valence-corrected chi connectivity index (χ2v) is 5.15. The molecule has 0 aliphatic carbocycles. The third kappa shape index (κ3) is 3.56. The molecule has 1 N–H and O–H groups in total. The van der Waals surface area contributed by atoms with Gasteiger partial charge in [0.25, 0.3) is 0 Å². The molecule has 1 aliphatic rings. The molecule has 1 aromatic rings. The van der Waals surface area contributed by atoms with Crippen molar-refractivity contribution in [2.24, 2.45) is 0 Å². The quantitative estimate of drug-likeness (QED) is 0.836. The van der Waals surface area contributed by atoms with Gasteiger partial charge in [-0.2, -0.15) is 0 Å². The third-order valence-corrected chi connectivity index (χ3v) is 3.86. The minimum absolute atomic E-state index is 0.677. The predicted molar refractivity (Wildman–Crippen MR) is 74.5 cm³/mol. The summed E-state index contributed by atoms with van der Waals surface area (Å²) in [6.45, 7) is 9.89. The number of nitrogens with zero attached hydrogens (tertiary/aromatic N) is 3. The maximum atomic E-state index is 4.25. The van der Waals surface area contributed by atoms with Crippen LogP contribution in [0, 0.1) is 0 Å². The Balaban J connectivity index is 1.88. The number of aromatic nitrogens is 2. The summed E-state index contributed by atoms with van der Waals surface area (Å²) in [5.74, 6) is 0. The van der Waals surface area contributed by atoms with E-state index in [9.17, 15) is 0 Å². The Bertz CT molecular complexity index is 341. The van der Waals surface area contributed by atoms with Gasteiger partial charge in [0.2, 0.25) is 0 Å². The lowest BCUT2D eigenvalue weighted by atomic mass is 10.0. The highest BCUT2D eigenvalue weighted by atomic mass is 15.2. The molecule has 102 valence electrons. The predicted octanol–water partition coefficient (Wildman–Crippen LogP) is 1.87. The van der Waals surface area contributed by atoms with Gasteiger partial charge in [0, 0.05) is 31.9 Å². The van der Waals surface area contributed by atoms with Crippen LogP contribution in [0.25, 0.3) is 0 Å². The van der Waals surface area contributed by atoms with Gasteiger partial charge in [-0.1, -0.05) is 13.3 Å². The summed E-state index contributed by atoms with van der Waals surface area (Å²) in [5, 5.41) is 3.63. The molecule has 1 aromatic heterocycles. The fraction of sp³-hybridized carbons (Fsp3) is 0.786. The van der Waals surface area contributed by atoms with Crippen LogP contribution in [0.15, 0.2) is 12.5 Å². The number of aryl methyl sites for hydroxylation is 1. The molecule has 2 rings (SSSR count). The summed E-state index contributed by atoms with van der Waals surface area (Å²) in [6.07, 6.45) is 7.97. The summed E-state index contributed by atoms with van der Waals surface area (Å²) in [5.41, 5.74) is 1.33. The first-order chi connectivity index (χ1) is 8.83. The highest BCUT2D eigenvalue weighted by molar-refractivity contribution is 4.98. The van der Waals surface area contributed by atoms with Crippen LogP contribution in [0.2, 0.25) is 0 Å². The van der Waals surface area contributed by atoms with Gasteiger partial charge < -0.3 is 9.88 Å². The van der Waals surface area contributed by atoms with Gasteiger partial charge in [-0.3, -0.25) is 4.90 Å².